The zero-order valence-corrected chi connectivity index (χ0v) is 14.0. The molecule has 7 nitrogen and oxygen atoms in total. The maximum atomic E-state index is 5.40. The van der Waals surface area contributed by atoms with Gasteiger partial charge in [-0.15, -0.1) is 5.10 Å². The van der Waals surface area contributed by atoms with Crippen LogP contribution in [0.15, 0.2) is 0 Å². The molecule has 1 aromatic heterocycles. The topological polar surface area (TPSA) is 71.3 Å². The van der Waals surface area contributed by atoms with Crippen molar-refractivity contribution in [3.8, 4) is 0 Å². The fraction of sp³-hybridized carbons (Fsp3) is 0.917. The Kier molecular flexibility index (Phi) is 7.89. The van der Waals surface area contributed by atoms with Crippen molar-refractivity contribution >= 4 is 8.80 Å². The van der Waals surface area contributed by atoms with Gasteiger partial charge in [-0.3, -0.25) is 0 Å². The molecule has 0 amide bonds. The van der Waals surface area contributed by atoms with Crippen molar-refractivity contribution in [2.75, 3.05) is 21.3 Å². The molecule has 8 heteroatoms. The van der Waals surface area contributed by atoms with Crippen LogP contribution < -0.4 is 0 Å². The molecule has 0 saturated heterocycles. The molecule has 1 aromatic rings. The second kappa shape index (κ2) is 9.17. The predicted molar refractivity (Wildman–Crippen MR) is 77.3 cm³/mol. The largest absolute Gasteiger partial charge is 0.500 e. The molecule has 20 heavy (non-hydrogen) atoms. The molecule has 1 rings (SSSR count). The smallest absolute Gasteiger partial charge is 0.377 e. The highest BCUT2D eigenvalue weighted by atomic mass is 28.4. The van der Waals surface area contributed by atoms with E-state index in [9.17, 15) is 0 Å². The second-order valence-corrected chi connectivity index (χ2v) is 7.77. The van der Waals surface area contributed by atoms with Crippen LogP contribution in [0.4, 0.5) is 0 Å². The van der Waals surface area contributed by atoms with Crippen LogP contribution >= 0.6 is 0 Å². The molecule has 0 fully saturated rings. The molecule has 0 bridgehead atoms. The van der Waals surface area contributed by atoms with Crippen LogP contribution in [0.1, 0.15) is 38.4 Å². The lowest BCUT2D eigenvalue weighted by molar-refractivity contribution is 0.122. The van der Waals surface area contributed by atoms with Gasteiger partial charge in [0.2, 0.25) is 0 Å². The van der Waals surface area contributed by atoms with Gasteiger partial charge in [0, 0.05) is 40.3 Å². The maximum absolute atomic E-state index is 5.40. The monoisotopic (exact) mass is 302 g/mol. The highest BCUT2D eigenvalue weighted by Gasteiger charge is 2.36. The number of nitrogens with zero attached hydrogens (tertiary/aromatic N) is 4. The third kappa shape index (κ3) is 4.93. The summed E-state index contributed by atoms with van der Waals surface area (Å²) in [6, 6.07) is 0.755. The summed E-state index contributed by atoms with van der Waals surface area (Å²) >= 11 is 0. The average molecular weight is 302 g/mol. The van der Waals surface area contributed by atoms with E-state index in [4.69, 9.17) is 13.3 Å². The van der Waals surface area contributed by atoms with Gasteiger partial charge in [0.1, 0.15) is 0 Å². The fourth-order valence-electron chi connectivity index (χ4n) is 2.11. The Morgan fingerprint density at radius 1 is 1.05 bits per heavy atom. The number of tetrazole rings is 1. The lowest BCUT2D eigenvalue weighted by atomic mass is 10.2. The van der Waals surface area contributed by atoms with Crippen molar-refractivity contribution in [1.29, 1.82) is 0 Å². The number of rotatable bonds is 11. The molecular weight excluding hydrogens is 276 g/mol. The van der Waals surface area contributed by atoms with Crippen molar-refractivity contribution in [2.45, 2.75) is 51.6 Å². The van der Waals surface area contributed by atoms with Crippen LogP contribution in [0.25, 0.3) is 0 Å². The number of unbranched alkanes of at least 4 members (excludes halogenated alkanes) is 2. The Morgan fingerprint density at radius 2 is 1.75 bits per heavy atom. The van der Waals surface area contributed by atoms with E-state index in [1.54, 1.807) is 21.3 Å². The van der Waals surface area contributed by atoms with E-state index in [0.29, 0.717) is 0 Å². The molecule has 0 spiro atoms. The minimum absolute atomic E-state index is 0.755. The van der Waals surface area contributed by atoms with Crippen molar-refractivity contribution in [3.05, 3.63) is 5.82 Å². The molecule has 116 valence electrons. The number of aromatic nitrogens is 4. The molecule has 0 aliphatic carbocycles. The maximum Gasteiger partial charge on any atom is 0.500 e. The van der Waals surface area contributed by atoms with Gasteiger partial charge in [-0.2, -0.15) is 0 Å². The van der Waals surface area contributed by atoms with E-state index in [1.807, 2.05) is 4.68 Å². The van der Waals surface area contributed by atoms with Crippen LogP contribution in [0.3, 0.4) is 0 Å². The third-order valence-electron chi connectivity index (χ3n) is 3.40. The summed E-state index contributed by atoms with van der Waals surface area (Å²) in [6.45, 7) is 2.95. The summed E-state index contributed by atoms with van der Waals surface area (Å²) in [5.41, 5.74) is 0. The van der Waals surface area contributed by atoms with Crippen molar-refractivity contribution in [1.82, 2.24) is 20.2 Å². The molecular formula is C12H26N4O3Si. The molecule has 0 atom stereocenters. The van der Waals surface area contributed by atoms with E-state index < -0.39 is 8.80 Å². The first-order chi connectivity index (χ1) is 9.71. The lowest BCUT2D eigenvalue weighted by Crippen LogP contribution is -2.42. The van der Waals surface area contributed by atoms with E-state index >= 15 is 0 Å². The Balaban J connectivity index is 2.43. The molecule has 0 saturated carbocycles. The van der Waals surface area contributed by atoms with Gasteiger partial charge in [-0.25, -0.2) is 4.68 Å². The van der Waals surface area contributed by atoms with E-state index in [-0.39, 0.29) is 0 Å². The first-order valence-corrected chi connectivity index (χ1v) is 9.05. The first kappa shape index (κ1) is 17.2. The van der Waals surface area contributed by atoms with Crippen LogP contribution in [-0.4, -0.2) is 50.3 Å². The summed E-state index contributed by atoms with van der Waals surface area (Å²) in [4.78, 5) is 0. The Hall–Kier alpha value is -0.833. The predicted octanol–water partition coefficient (Wildman–Crippen LogP) is 1.67. The van der Waals surface area contributed by atoms with Crippen molar-refractivity contribution in [3.63, 3.8) is 0 Å². The molecule has 0 radical (unpaired) electrons. The standard InChI is InChI=1S/C12H26N4O3Si/c1-5-6-7-9-12-13-14-15-16(12)10-8-11-20(17-2,18-3)19-4/h5-11H2,1-4H3. The van der Waals surface area contributed by atoms with Crippen LogP contribution in [0.2, 0.25) is 6.04 Å². The van der Waals surface area contributed by atoms with Crippen molar-refractivity contribution < 1.29 is 13.3 Å². The van der Waals surface area contributed by atoms with Crippen LogP contribution in [0.5, 0.6) is 0 Å². The zero-order chi connectivity index (χ0) is 14.8. The first-order valence-electron chi connectivity index (χ1n) is 7.11. The van der Waals surface area contributed by atoms with E-state index in [0.717, 1.165) is 37.7 Å². The van der Waals surface area contributed by atoms with Crippen LogP contribution in [-0.2, 0) is 26.2 Å². The van der Waals surface area contributed by atoms with Gasteiger partial charge >= 0.3 is 8.80 Å². The second-order valence-electron chi connectivity index (χ2n) is 4.67. The molecule has 0 aliphatic rings. The lowest BCUT2D eigenvalue weighted by Gasteiger charge is -2.24. The van der Waals surface area contributed by atoms with Crippen LogP contribution in [0, 0.1) is 0 Å². The van der Waals surface area contributed by atoms with E-state index in [1.165, 1.54) is 12.8 Å². The molecule has 0 aliphatic heterocycles. The number of hydrogen-bond acceptors (Lipinski definition) is 6. The normalized spacial score (nSPS) is 12.0. The SMILES string of the molecule is CCCCCc1nnnn1CCC[Si](OC)(OC)OC. The van der Waals surface area contributed by atoms with Crippen molar-refractivity contribution in [2.24, 2.45) is 0 Å². The van der Waals surface area contributed by atoms with E-state index in [2.05, 4.69) is 22.4 Å². The highest BCUT2D eigenvalue weighted by molar-refractivity contribution is 6.60. The van der Waals surface area contributed by atoms with Gasteiger partial charge in [0.25, 0.3) is 0 Å². The quantitative estimate of drug-likeness (QED) is 0.457. The van der Waals surface area contributed by atoms with Gasteiger partial charge in [0.05, 0.1) is 0 Å². The molecule has 0 N–H and O–H groups in total. The average Bonchev–Trinajstić information content (AvgIpc) is 2.92. The summed E-state index contributed by atoms with van der Waals surface area (Å²) in [5.74, 6) is 0.956. The Bertz CT molecular complexity index is 363. The summed E-state index contributed by atoms with van der Waals surface area (Å²) in [7, 11) is 2.41. The van der Waals surface area contributed by atoms with Gasteiger partial charge < -0.3 is 13.3 Å². The highest BCUT2D eigenvalue weighted by Crippen LogP contribution is 2.15. The summed E-state index contributed by atoms with van der Waals surface area (Å²) in [6.07, 6.45) is 5.34. The Morgan fingerprint density at radius 3 is 2.35 bits per heavy atom. The fourth-order valence-corrected chi connectivity index (χ4v) is 3.81. The minimum atomic E-state index is -2.48. The Labute approximate surface area is 122 Å². The minimum Gasteiger partial charge on any atom is -0.377 e. The van der Waals surface area contributed by atoms with Gasteiger partial charge in [0.15, 0.2) is 5.82 Å². The third-order valence-corrected chi connectivity index (χ3v) is 6.23. The summed E-state index contributed by atoms with van der Waals surface area (Å²) in [5, 5.41) is 11.9. The number of hydrogen-bond donors (Lipinski definition) is 0. The molecule has 0 aromatic carbocycles. The van der Waals surface area contributed by atoms with Gasteiger partial charge in [-0.05, 0) is 23.3 Å². The molecule has 1 heterocycles. The summed E-state index contributed by atoms with van der Waals surface area (Å²) < 4.78 is 18.1. The van der Waals surface area contributed by atoms with Gasteiger partial charge in [-0.1, -0.05) is 19.8 Å². The molecule has 0 unspecified atom stereocenters. The number of aryl methyl sites for hydroxylation is 2. The zero-order valence-electron chi connectivity index (χ0n) is 13.0.